The molecule has 1 saturated heterocycles. The maximum atomic E-state index is 12.0. The highest BCUT2D eigenvalue weighted by Crippen LogP contribution is 2.16. The second kappa shape index (κ2) is 11.6. The molecule has 0 saturated carbocycles. The Labute approximate surface area is 182 Å². The lowest BCUT2D eigenvalue weighted by Gasteiger charge is -2.36. The van der Waals surface area contributed by atoms with E-state index in [0.717, 1.165) is 56.7 Å². The maximum Gasteiger partial charge on any atom is 0.243 e. The van der Waals surface area contributed by atoms with Gasteiger partial charge in [0.25, 0.3) is 0 Å². The number of aromatic nitrogens is 1. The van der Waals surface area contributed by atoms with Gasteiger partial charge in [-0.1, -0.05) is 23.4 Å². The summed E-state index contributed by atoms with van der Waals surface area (Å²) >= 11 is 1.81. The first kappa shape index (κ1) is 22.2. The van der Waals surface area contributed by atoms with Crippen molar-refractivity contribution in [2.24, 2.45) is 4.99 Å². The predicted molar refractivity (Wildman–Crippen MR) is 120 cm³/mol. The summed E-state index contributed by atoms with van der Waals surface area (Å²) in [4.78, 5) is 24.0. The van der Waals surface area contributed by atoms with Crippen molar-refractivity contribution >= 4 is 23.6 Å². The van der Waals surface area contributed by atoms with Gasteiger partial charge in [0.1, 0.15) is 12.8 Å². The number of benzene rings is 1. The van der Waals surface area contributed by atoms with Crippen LogP contribution in [0.3, 0.4) is 0 Å². The number of piperazine rings is 1. The monoisotopic (exact) mass is 430 g/mol. The number of amides is 1. The van der Waals surface area contributed by atoms with Crippen LogP contribution in [0.4, 0.5) is 0 Å². The SMILES string of the molecule is CN(C)C(=O)CN=C(NCCSc1ccccc1)N1CCN(Cc2ccon2)CC1. The Bertz CT molecular complexity index is 789. The van der Waals surface area contributed by atoms with Gasteiger partial charge in [-0.05, 0) is 12.1 Å². The molecule has 30 heavy (non-hydrogen) atoms. The van der Waals surface area contributed by atoms with Gasteiger partial charge in [0.05, 0.1) is 5.69 Å². The minimum atomic E-state index is -0.00220. The van der Waals surface area contributed by atoms with E-state index >= 15 is 0 Å². The second-order valence-electron chi connectivity index (χ2n) is 7.27. The van der Waals surface area contributed by atoms with Crippen LogP contribution < -0.4 is 5.32 Å². The van der Waals surface area contributed by atoms with Crippen molar-refractivity contribution in [1.82, 2.24) is 25.2 Å². The summed E-state index contributed by atoms with van der Waals surface area (Å²) in [5.41, 5.74) is 0.949. The van der Waals surface area contributed by atoms with Crippen LogP contribution in [0.2, 0.25) is 0 Å². The smallest absolute Gasteiger partial charge is 0.243 e. The zero-order valence-electron chi connectivity index (χ0n) is 17.7. The quantitative estimate of drug-likeness (QED) is 0.295. The number of aliphatic imine (C=N–C) groups is 1. The third-order valence-corrected chi connectivity index (χ3v) is 5.82. The molecule has 1 aromatic heterocycles. The molecule has 0 spiro atoms. The van der Waals surface area contributed by atoms with Crippen LogP contribution in [0.1, 0.15) is 5.69 Å². The van der Waals surface area contributed by atoms with Crippen LogP contribution in [-0.4, -0.2) is 90.8 Å². The zero-order valence-corrected chi connectivity index (χ0v) is 18.5. The van der Waals surface area contributed by atoms with Crippen molar-refractivity contribution in [2.75, 3.05) is 59.1 Å². The van der Waals surface area contributed by atoms with Crippen molar-refractivity contribution < 1.29 is 9.32 Å². The molecule has 1 fully saturated rings. The summed E-state index contributed by atoms with van der Waals surface area (Å²) in [5, 5.41) is 7.45. The minimum absolute atomic E-state index is 0.00220. The Hall–Kier alpha value is -2.52. The van der Waals surface area contributed by atoms with Gasteiger partial charge in [0.15, 0.2) is 5.96 Å². The van der Waals surface area contributed by atoms with Crippen LogP contribution in [0.5, 0.6) is 0 Å². The molecule has 0 aliphatic carbocycles. The van der Waals surface area contributed by atoms with Crippen molar-refractivity contribution in [3.63, 3.8) is 0 Å². The Morgan fingerprint density at radius 2 is 1.97 bits per heavy atom. The third-order valence-electron chi connectivity index (χ3n) is 4.81. The lowest BCUT2D eigenvalue weighted by atomic mass is 10.3. The molecule has 2 heterocycles. The van der Waals surface area contributed by atoms with E-state index in [1.807, 2.05) is 24.3 Å². The molecule has 0 atom stereocenters. The number of likely N-dealkylation sites (N-methyl/N-ethyl adjacent to an activating group) is 1. The largest absolute Gasteiger partial charge is 0.364 e. The van der Waals surface area contributed by atoms with Gasteiger partial charge in [-0.25, -0.2) is 4.99 Å². The molecule has 0 unspecified atom stereocenters. The average molecular weight is 431 g/mol. The van der Waals surface area contributed by atoms with E-state index in [1.165, 1.54) is 4.90 Å². The van der Waals surface area contributed by atoms with Gasteiger partial charge in [-0.15, -0.1) is 11.8 Å². The Morgan fingerprint density at radius 1 is 1.20 bits per heavy atom. The van der Waals surface area contributed by atoms with Gasteiger partial charge in [-0.2, -0.15) is 0 Å². The highest BCUT2D eigenvalue weighted by molar-refractivity contribution is 7.99. The fraction of sp³-hybridized carbons (Fsp3) is 0.476. The lowest BCUT2D eigenvalue weighted by molar-refractivity contribution is -0.127. The number of rotatable bonds is 8. The van der Waals surface area contributed by atoms with Crippen molar-refractivity contribution in [2.45, 2.75) is 11.4 Å². The van der Waals surface area contributed by atoms with Crippen LogP contribution in [0, 0.1) is 0 Å². The van der Waals surface area contributed by atoms with Gasteiger partial charge in [-0.3, -0.25) is 9.69 Å². The predicted octanol–water partition coefficient (Wildman–Crippen LogP) is 1.62. The van der Waals surface area contributed by atoms with E-state index in [4.69, 9.17) is 4.52 Å². The molecule has 0 bridgehead atoms. The first-order valence-corrected chi connectivity index (χ1v) is 11.1. The molecule has 1 aliphatic rings. The fourth-order valence-corrected chi connectivity index (χ4v) is 3.86. The molecule has 1 amide bonds. The molecule has 1 aromatic carbocycles. The molecular formula is C21H30N6O2S. The summed E-state index contributed by atoms with van der Waals surface area (Å²) in [6.07, 6.45) is 1.61. The molecule has 1 aliphatic heterocycles. The molecule has 3 rings (SSSR count). The molecule has 2 aromatic rings. The van der Waals surface area contributed by atoms with E-state index in [0.29, 0.717) is 0 Å². The molecular weight excluding hydrogens is 400 g/mol. The Kier molecular flexibility index (Phi) is 8.58. The van der Waals surface area contributed by atoms with Gasteiger partial charge < -0.3 is 19.6 Å². The maximum absolute atomic E-state index is 12.0. The summed E-state index contributed by atoms with van der Waals surface area (Å²) in [5.74, 6) is 1.73. The standard InChI is InChI=1S/C21H30N6O2S/c1-25(2)20(28)16-23-21(22-9-15-30-19-6-4-3-5-7-19)27-12-10-26(11-13-27)17-18-8-14-29-24-18/h3-8,14H,9-13,15-17H2,1-2H3,(H,22,23). The summed E-state index contributed by atoms with van der Waals surface area (Å²) in [6.45, 7) is 5.25. The zero-order chi connectivity index (χ0) is 21.2. The van der Waals surface area contributed by atoms with Crippen molar-refractivity contribution in [3.8, 4) is 0 Å². The average Bonchev–Trinajstić information content (AvgIpc) is 3.27. The highest BCUT2D eigenvalue weighted by atomic mass is 32.2. The van der Waals surface area contributed by atoms with Gasteiger partial charge in [0.2, 0.25) is 5.91 Å². The van der Waals surface area contributed by atoms with Crippen LogP contribution in [0.25, 0.3) is 0 Å². The first-order valence-electron chi connectivity index (χ1n) is 10.1. The lowest BCUT2D eigenvalue weighted by Crippen LogP contribution is -2.52. The summed E-state index contributed by atoms with van der Waals surface area (Å²) < 4.78 is 4.92. The van der Waals surface area contributed by atoms with Crippen LogP contribution >= 0.6 is 11.8 Å². The second-order valence-corrected chi connectivity index (χ2v) is 8.44. The number of carbonyl (C=O) groups is 1. The number of hydrogen-bond acceptors (Lipinski definition) is 6. The van der Waals surface area contributed by atoms with E-state index in [1.54, 1.807) is 37.0 Å². The van der Waals surface area contributed by atoms with Crippen LogP contribution in [0.15, 0.2) is 57.1 Å². The van der Waals surface area contributed by atoms with E-state index in [9.17, 15) is 4.79 Å². The Balaban J connectivity index is 1.51. The molecule has 8 nitrogen and oxygen atoms in total. The minimum Gasteiger partial charge on any atom is -0.364 e. The number of hydrogen-bond donors (Lipinski definition) is 1. The van der Waals surface area contributed by atoms with Gasteiger partial charge >= 0.3 is 0 Å². The highest BCUT2D eigenvalue weighted by Gasteiger charge is 2.20. The molecule has 9 heteroatoms. The normalized spacial score (nSPS) is 15.3. The number of carbonyl (C=O) groups excluding carboxylic acids is 1. The molecule has 162 valence electrons. The van der Waals surface area contributed by atoms with Crippen molar-refractivity contribution in [3.05, 3.63) is 48.4 Å². The van der Waals surface area contributed by atoms with Crippen molar-refractivity contribution in [1.29, 1.82) is 0 Å². The van der Waals surface area contributed by atoms with E-state index < -0.39 is 0 Å². The number of nitrogens with one attached hydrogen (secondary N) is 1. The molecule has 1 N–H and O–H groups in total. The fourth-order valence-electron chi connectivity index (χ4n) is 3.07. The third kappa shape index (κ3) is 7.07. The van der Waals surface area contributed by atoms with Crippen LogP contribution in [-0.2, 0) is 11.3 Å². The topological polar surface area (TPSA) is 77.2 Å². The first-order chi connectivity index (χ1) is 14.6. The number of nitrogens with zero attached hydrogens (tertiary/aromatic N) is 5. The van der Waals surface area contributed by atoms with E-state index in [2.05, 4.69) is 37.4 Å². The number of thioether (sulfide) groups is 1. The molecule has 0 radical (unpaired) electrons. The summed E-state index contributed by atoms with van der Waals surface area (Å²) in [6, 6.07) is 12.3. The Morgan fingerprint density at radius 3 is 2.63 bits per heavy atom. The van der Waals surface area contributed by atoms with E-state index in [-0.39, 0.29) is 12.5 Å². The number of guanidine groups is 1. The van der Waals surface area contributed by atoms with Gasteiger partial charge in [0, 0.05) is 70.1 Å². The summed E-state index contributed by atoms with van der Waals surface area (Å²) in [7, 11) is 3.51.